The van der Waals surface area contributed by atoms with E-state index in [0.29, 0.717) is 12.1 Å². The van der Waals surface area contributed by atoms with Crippen molar-refractivity contribution >= 4 is 54.8 Å². The van der Waals surface area contributed by atoms with Crippen molar-refractivity contribution < 1.29 is 22.0 Å². The van der Waals surface area contributed by atoms with E-state index in [1.54, 1.807) is 6.92 Å². The minimum atomic E-state index is -3.87. The Kier molecular flexibility index (Phi) is 6.30. The first-order chi connectivity index (χ1) is 17.8. The molecule has 0 saturated carbocycles. The number of aromatic nitrogens is 3. The standard InChI is InChI=1S/C26H21F2N5O3S/c1-2-12-37(35,36)33-20-11-10-18(27)22(23(20)28)24(34)17-13-29-25-21(17)26(31-14-30-25)32-19-9-5-7-15-6-3-4-8-16(15)19/h3-11,13-14,33H,2,12H2,1H3,(H2,29,30,31,32). The number of hydrogen-bond donors (Lipinski definition) is 3. The summed E-state index contributed by atoms with van der Waals surface area (Å²) in [6.07, 6.45) is 2.89. The molecule has 0 aliphatic rings. The molecule has 0 radical (unpaired) electrons. The van der Waals surface area contributed by atoms with Crippen LogP contribution < -0.4 is 10.0 Å². The minimum absolute atomic E-state index is 0.0790. The number of benzene rings is 3. The summed E-state index contributed by atoms with van der Waals surface area (Å²) in [5.41, 5.74) is -0.491. The van der Waals surface area contributed by atoms with Crippen LogP contribution in [0.3, 0.4) is 0 Å². The average Bonchev–Trinajstić information content (AvgIpc) is 3.31. The van der Waals surface area contributed by atoms with E-state index in [1.807, 2.05) is 42.5 Å². The Morgan fingerprint density at radius 3 is 2.59 bits per heavy atom. The highest BCUT2D eigenvalue weighted by Gasteiger charge is 2.27. The first kappa shape index (κ1) is 24.3. The van der Waals surface area contributed by atoms with Crippen LogP contribution in [0.15, 0.2) is 67.1 Å². The number of carbonyl (C=O) groups excluding carboxylic acids is 1. The molecule has 5 aromatic rings. The van der Waals surface area contributed by atoms with Crippen molar-refractivity contribution in [3.05, 3.63) is 89.9 Å². The third-order valence-electron chi connectivity index (χ3n) is 5.81. The number of ketones is 1. The maximum Gasteiger partial charge on any atom is 0.232 e. The molecule has 2 aromatic heterocycles. The SMILES string of the molecule is CCCS(=O)(=O)Nc1ccc(F)c(C(=O)c2c[nH]c3ncnc(Nc4cccc5ccccc45)c23)c1F. The van der Waals surface area contributed by atoms with Crippen molar-refractivity contribution in [2.45, 2.75) is 13.3 Å². The van der Waals surface area contributed by atoms with E-state index in [0.717, 1.165) is 22.9 Å². The number of halogens is 2. The van der Waals surface area contributed by atoms with Crippen LogP contribution in [0.2, 0.25) is 0 Å². The second-order valence-electron chi connectivity index (χ2n) is 8.33. The molecular weight excluding hydrogens is 500 g/mol. The van der Waals surface area contributed by atoms with Crippen LogP contribution in [0.1, 0.15) is 29.3 Å². The molecule has 8 nitrogen and oxygen atoms in total. The molecule has 0 fully saturated rings. The highest BCUT2D eigenvalue weighted by molar-refractivity contribution is 7.92. The minimum Gasteiger partial charge on any atom is -0.345 e. The van der Waals surface area contributed by atoms with E-state index in [-0.39, 0.29) is 28.2 Å². The molecule has 2 heterocycles. The number of nitrogens with zero attached hydrogens (tertiary/aromatic N) is 2. The molecule has 188 valence electrons. The zero-order valence-electron chi connectivity index (χ0n) is 19.5. The number of carbonyl (C=O) groups is 1. The van der Waals surface area contributed by atoms with E-state index >= 15 is 4.39 Å². The summed E-state index contributed by atoms with van der Waals surface area (Å²) in [6.45, 7) is 1.65. The van der Waals surface area contributed by atoms with Crippen LogP contribution in [0.25, 0.3) is 21.8 Å². The van der Waals surface area contributed by atoms with Crippen molar-refractivity contribution in [2.75, 3.05) is 15.8 Å². The molecule has 5 rings (SSSR count). The summed E-state index contributed by atoms with van der Waals surface area (Å²) in [5.74, 6) is -3.42. The van der Waals surface area contributed by atoms with Gasteiger partial charge in [0.15, 0.2) is 5.82 Å². The molecule has 0 unspecified atom stereocenters. The Balaban J connectivity index is 1.59. The van der Waals surface area contributed by atoms with Gasteiger partial charge in [-0.05, 0) is 30.0 Å². The monoisotopic (exact) mass is 521 g/mol. The molecule has 0 aliphatic heterocycles. The lowest BCUT2D eigenvalue weighted by Gasteiger charge is -2.12. The molecule has 3 N–H and O–H groups in total. The van der Waals surface area contributed by atoms with Gasteiger partial charge in [-0.1, -0.05) is 43.3 Å². The van der Waals surface area contributed by atoms with Crippen molar-refractivity contribution in [2.24, 2.45) is 0 Å². The van der Waals surface area contributed by atoms with Gasteiger partial charge in [0.1, 0.15) is 23.6 Å². The lowest BCUT2D eigenvalue weighted by molar-refractivity contribution is 0.103. The first-order valence-electron chi connectivity index (χ1n) is 11.4. The van der Waals surface area contributed by atoms with E-state index < -0.39 is 38.7 Å². The molecule has 0 bridgehead atoms. The number of fused-ring (bicyclic) bond motifs is 2. The summed E-state index contributed by atoms with van der Waals surface area (Å²) in [4.78, 5) is 24.7. The van der Waals surface area contributed by atoms with Crippen molar-refractivity contribution in [3.8, 4) is 0 Å². The van der Waals surface area contributed by atoms with E-state index in [1.165, 1.54) is 12.5 Å². The molecule has 0 amide bonds. The van der Waals surface area contributed by atoms with Crippen LogP contribution in [0.4, 0.5) is 26.0 Å². The van der Waals surface area contributed by atoms with Crippen LogP contribution in [0, 0.1) is 11.6 Å². The molecule has 37 heavy (non-hydrogen) atoms. The fourth-order valence-corrected chi connectivity index (χ4v) is 5.29. The smallest absolute Gasteiger partial charge is 0.232 e. The zero-order chi connectivity index (χ0) is 26.2. The fourth-order valence-electron chi connectivity index (χ4n) is 4.16. The summed E-state index contributed by atoms with van der Waals surface area (Å²) in [6, 6.07) is 15.1. The molecule has 0 saturated heterocycles. The van der Waals surface area contributed by atoms with Crippen LogP contribution >= 0.6 is 0 Å². The van der Waals surface area contributed by atoms with Gasteiger partial charge in [-0.25, -0.2) is 27.2 Å². The van der Waals surface area contributed by atoms with Crippen molar-refractivity contribution in [1.82, 2.24) is 15.0 Å². The first-order valence-corrected chi connectivity index (χ1v) is 13.0. The quantitative estimate of drug-likeness (QED) is 0.232. The summed E-state index contributed by atoms with van der Waals surface area (Å²) >= 11 is 0. The summed E-state index contributed by atoms with van der Waals surface area (Å²) in [7, 11) is -3.87. The van der Waals surface area contributed by atoms with Gasteiger partial charge in [-0.2, -0.15) is 0 Å². The normalized spacial score (nSPS) is 11.6. The number of nitrogens with one attached hydrogen (secondary N) is 3. The number of H-pyrrole nitrogens is 1. The molecule has 3 aromatic carbocycles. The number of aromatic amines is 1. The lowest BCUT2D eigenvalue weighted by Crippen LogP contribution is -2.18. The van der Waals surface area contributed by atoms with Gasteiger partial charge in [-0.3, -0.25) is 9.52 Å². The van der Waals surface area contributed by atoms with Gasteiger partial charge >= 0.3 is 0 Å². The number of sulfonamides is 1. The van der Waals surface area contributed by atoms with Gasteiger partial charge < -0.3 is 10.3 Å². The average molecular weight is 522 g/mol. The molecule has 0 aliphatic carbocycles. The Morgan fingerprint density at radius 1 is 1.00 bits per heavy atom. The predicted molar refractivity (Wildman–Crippen MR) is 139 cm³/mol. The number of anilines is 3. The highest BCUT2D eigenvalue weighted by atomic mass is 32.2. The second-order valence-corrected chi connectivity index (χ2v) is 10.2. The van der Waals surface area contributed by atoms with Gasteiger partial charge in [0, 0.05) is 17.3 Å². The summed E-state index contributed by atoms with van der Waals surface area (Å²) < 4.78 is 56.5. The molecular formula is C26H21F2N5O3S. The van der Waals surface area contributed by atoms with Gasteiger partial charge in [0.05, 0.1) is 28.0 Å². The van der Waals surface area contributed by atoms with Gasteiger partial charge in [0.2, 0.25) is 15.8 Å². The van der Waals surface area contributed by atoms with Crippen molar-refractivity contribution in [1.29, 1.82) is 0 Å². The predicted octanol–water partition coefficient (Wildman–Crippen LogP) is 5.52. The molecule has 0 atom stereocenters. The van der Waals surface area contributed by atoms with Gasteiger partial charge in [-0.15, -0.1) is 0 Å². The Labute approximate surface area is 210 Å². The lowest BCUT2D eigenvalue weighted by atomic mass is 10.0. The molecule has 11 heteroatoms. The third-order valence-corrected chi connectivity index (χ3v) is 7.29. The van der Waals surface area contributed by atoms with Crippen molar-refractivity contribution in [3.63, 3.8) is 0 Å². The van der Waals surface area contributed by atoms with Crippen LogP contribution in [0.5, 0.6) is 0 Å². The van der Waals surface area contributed by atoms with Crippen LogP contribution in [-0.4, -0.2) is 34.9 Å². The third kappa shape index (κ3) is 4.60. The number of rotatable bonds is 8. The Morgan fingerprint density at radius 2 is 1.78 bits per heavy atom. The van der Waals surface area contributed by atoms with E-state index in [9.17, 15) is 17.6 Å². The summed E-state index contributed by atoms with van der Waals surface area (Å²) in [5, 5.41) is 5.33. The fraction of sp³-hybridized carbons (Fsp3) is 0.115. The maximum absolute atomic E-state index is 15.3. The topological polar surface area (TPSA) is 117 Å². The largest absolute Gasteiger partial charge is 0.345 e. The highest BCUT2D eigenvalue weighted by Crippen LogP contribution is 2.32. The second kappa shape index (κ2) is 9.58. The van der Waals surface area contributed by atoms with E-state index in [4.69, 9.17) is 0 Å². The zero-order valence-corrected chi connectivity index (χ0v) is 20.4. The van der Waals surface area contributed by atoms with Crippen LogP contribution in [-0.2, 0) is 10.0 Å². The maximum atomic E-state index is 15.3. The van der Waals surface area contributed by atoms with E-state index in [2.05, 4.69) is 25.0 Å². The molecule has 0 spiro atoms. The number of hydrogen-bond acceptors (Lipinski definition) is 6. The Bertz CT molecular complexity index is 1760. The van der Waals surface area contributed by atoms with Gasteiger partial charge in [0.25, 0.3) is 0 Å². The Hall–Kier alpha value is -4.38.